The van der Waals surface area contributed by atoms with Gasteiger partial charge in [-0.2, -0.15) is 5.10 Å². The highest BCUT2D eigenvalue weighted by atomic mass is 16.5. The Morgan fingerprint density at radius 3 is 2.51 bits per heavy atom. The normalized spacial score (nSPS) is 19.0. The number of fused-ring (bicyclic) bond motifs is 1. The third kappa shape index (κ3) is 5.30. The summed E-state index contributed by atoms with van der Waals surface area (Å²) >= 11 is 0. The number of urea groups is 1. The summed E-state index contributed by atoms with van der Waals surface area (Å²) in [5.74, 6) is 0.813. The maximum absolute atomic E-state index is 12.8. The fourth-order valence-electron chi connectivity index (χ4n) is 4.32. The molecule has 0 radical (unpaired) electrons. The molecule has 0 aromatic heterocycles. The quantitative estimate of drug-likeness (QED) is 0.387. The van der Waals surface area contributed by atoms with Gasteiger partial charge >= 0.3 is 6.03 Å². The van der Waals surface area contributed by atoms with Crippen LogP contribution in [0.15, 0.2) is 89.0 Å². The Balaban J connectivity index is 1.28. The molecule has 2 aliphatic heterocycles. The highest BCUT2D eigenvalue weighted by molar-refractivity contribution is 6.03. The van der Waals surface area contributed by atoms with E-state index in [1.807, 2.05) is 90.7 Å². The van der Waals surface area contributed by atoms with Crippen LogP contribution in [0.4, 0.5) is 4.79 Å². The minimum Gasteiger partial charge on any atom is -0.489 e. The summed E-state index contributed by atoms with van der Waals surface area (Å²) in [5.41, 5.74) is 7.12. The molecule has 0 saturated carbocycles. The van der Waals surface area contributed by atoms with Gasteiger partial charge in [0.25, 0.3) is 5.91 Å². The fourth-order valence-corrected chi connectivity index (χ4v) is 4.32. The zero-order chi connectivity index (χ0) is 25.8. The lowest BCUT2D eigenvalue weighted by Crippen LogP contribution is -2.63. The van der Waals surface area contributed by atoms with Gasteiger partial charge in [0.2, 0.25) is 5.96 Å². The number of carbonyl (C=O) groups excluding carboxylic acids is 2. The van der Waals surface area contributed by atoms with Crippen LogP contribution >= 0.6 is 0 Å². The number of amides is 3. The van der Waals surface area contributed by atoms with Crippen LogP contribution in [0.3, 0.4) is 0 Å². The summed E-state index contributed by atoms with van der Waals surface area (Å²) in [5, 5.41) is 6.78. The molecule has 5 rings (SSSR count). The van der Waals surface area contributed by atoms with Crippen molar-refractivity contribution in [2.24, 2.45) is 10.1 Å². The molecule has 0 aliphatic carbocycles. The SMILES string of the molecule is Cc1ccccc1CN1C(N/N=C/c2ccc(OCc3ccccc3)cc2)=NC2C1C(=O)NC(=O)N2C. The van der Waals surface area contributed by atoms with E-state index in [0.717, 1.165) is 28.0 Å². The van der Waals surface area contributed by atoms with Crippen LogP contribution in [-0.2, 0) is 17.9 Å². The molecule has 1 saturated heterocycles. The van der Waals surface area contributed by atoms with E-state index < -0.39 is 18.2 Å². The van der Waals surface area contributed by atoms with Crippen LogP contribution in [0.1, 0.15) is 22.3 Å². The lowest BCUT2D eigenvalue weighted by molar-refractivity contribution is -0.127. The Morgan fingerprint density at radius 1 is 1.03 bits per heavy atom. The third-order valence-electron chi connectivity index (χ3n) is 6.47. The molecule has 2 N–H and O–H groups in total. The van der Waals surface area contributed by atoms with E-state index in [9.17, 15) is 9.59 Å². The molecule has 9 heteroatoms. The zero-order valence-corrected chi connectivity index (χ0v) is 20.7. The highest BCUT2D eigenvalue weighted by Gasteiger charge is 2.48. The molecular weight excluding hydrogens is 468 g/mol. The summed E-state index contributed by atoms with van der Waals surface area (Å²) in [6.45, 7) is 2.96. The van der Waals surface area contributed by atoms with Crippen molar-refractivity contribution in [3.8, 4) is 5.75 Å². The summed E-state index contributed by atoms with van der Waals surface area (Å²) in [6, 6.07) is 24.4. The molecule has 37 heavy (non-hydrogen) atoms. The van der Waals surface area contributed by atoms with Crippen molar-refractivity contribution in [3.63, 3.8) is 0 Å². The minimum absolute atomic E-state index is 0.377. The Morgan fingerprint density at radius 2 is 1.76 bits per heavy atom. The van der Waals surface area contributed by atoms with Gasteiger partial charge in [0, 0.05) is 13.6 Å². The van der Waals surface area contributed by atoms with Crippen LogP contribution in [0.2, 0.25) is 0 Å². The Hall–Kier alpha value is -4.66. The van der Waals surface area contributed by atoms with Crippen molar-refractivity contribution in [2.75, 3.05) is 7.05 Å². The molecule has 2 heterocycles. The Kier molecular flexibility index (Phi) is 6.85. The number of imide groups is 1. The van der Waals surface area contributed by atoms with Crippen molar-refractivity contribution in [1.82, 2.24) is 20.5 Å². The molecule has 1 fully saturated rings. The lowest BCUT2D eigenvalue weighted by Gasteiger charge is -2.36. The average Bonchev–Trinajstić information content (AvgIpc) is 3.27. The smallest absolute Gasteiger partial charge is 0.325 e. The standard InChI is InChI=1S/C28H28N6O3/c1-19-8-6-7-11-22(19)17-34-24-25(33(2)28(36)31-26(24)35)30-27(34)32-29-16-20-12-14-23(15-13-20)37-18-21-9-4-3-5-10-21/h3-16,24-25H,17-18H2,1-2H3,(H,30,32)(H,31,35,36)/b29-16+. The molecule has 9 nitrogen and oxygen atoms in total. The Bertz CT molecular complexity index is 1340. The second-order valence-corrected chi connectivity index (χ2v) is 8.98. The Labute approximate surface area is 215 Å². The number of carbonyl (C=O) groups is 2. The molecule has 0 bridgehead atoms. The van der Waals surface area contributed by atoms with Gasteiger partial charge in [0.05, 0.1) is 6.21 Å². The maximum Gasteiger partial charge on any atom is 0.325 e. The minimum atomic E-state index is -0.652. The third-order valence-corrected chi connectivity index (χ3v) is 6.47. The summed E-state index contributed by atoms with van der Waals surface area (Å²) in [6.07, 6.45) is 1.04. The van der Waals surface area contributed by atoms with Gasteiger partial charge in [0.1, 0.15) is 12.4 Å². The van der Waals surface area contributed by atoms with Gasteiger partial charge in [-0.1, -0.05) is 54.6 Å². The highest BCUT2D eigenvalue weighted by Crippen LogP contribution is 2.26. The number of aryl methyl sites for hydroxylation is 1. The number of aliphatic imine (C=N–C) groups is 1. The molecular formula is C28H28N6O3. The van der Waals surface area contributed by atoms with Gasteiger partial charge in [-0.25, -0.2) is 15.2 Å². The van der Waals surface area contributed by atoms with Crippen LogP contribution in [-0.4, -0.2) is 53.2 Å². The van der Waals surface area contributed by atoms with Crippen molar-refractivity contribution >= 4 is 24.1 Å². The summed E-state index contributed by atoms with van der Waals surface area (Å²) in [4.78, 5) is 32.9. The number of nitrogens with zero attached hydrogens (tertiary/aromatic N) is 4. The number of ether oxygens (including phenoxy) is 1. The van der Waals surface area contributed by atoms with Crippen molar-refractivity contribution in [3.05, 3.63) is 101 Å². The summed E-state index contributed by atoms with van der Waals surface area (Å²) < 4.78 is 5.84. The monoisotopic (exact) mass is 496 g/mol. The van der Waals surface area contributed by atoms with Gasteiger partial charge in [-0.3, -0.25) is 10.1 Å². The van der Waals surface area contributed by atoms with E-state index in [-0.39, 0.29) is 5.91 Å². The first-order valence-corrected chi connectivity index (χ1v) is 12.0. The largest absolute Gasteiger partial charge is 0.489 e. The van der Waals surface area contributed by atoms with Crippen LogP contribution in [0.25, 0.3) is 0 Å². The molecule has 0 spiro atoms. The summed E-state index contributed by atoms with van der Waals surface area (Å²) in [7, 11) is 1.63. The van der Waals surface area contributed by atoms with Gasteiger partial charge in [-0.05, 0) is 53.4 Å². The number of rotatable bonds is 7. The first-order valence-electron chi connectivity index (χ1n) is 12.0. The van der Waals surface area contributed by atoms with Crippen molar-refractivity contribution < 1.29 is 14.3 Å². The van der Waals surface area contributed by atoms with E-state index in [1.54, 1.807) is 13.3 Å². The number of likely N-dealkylation sites (N-methyl/N-ethyl adjacent to an activating group) is 1. The predicted molar refractivity (Wildman–Crippen MR) is 141 cm³/mol. The predicted octanol–water partition coefficient (Wildman–Crippen LogP) is 3.25. The van der Waals surface area contributed by atoms with Gasteiger partial charge in [-0.15, -0.1) is 0 Å². The first kappa shape index (κ1) is 24.1. The van der Waals surface area contributed by atoms with Crippen molar-refractivity contribution in [2.45, 2.75) is 32.3 Å². The second kappa shape index (κ2) is 10.5. The average molecular weight is 497 g/mol. The van der Waals surface area contributed by atoms with E-state index in [0.29, 0.717) is 19.1 Å². The number of guanidine groups is 1. The van der Waals surface area contributed by atoms with E-state index in [4.69, 9.17) is 4.74 Å². The van der Waals surface area contributed by atoms with E-state index in [1.165, 1.54) is 4.90 Å². The second-order valence-electron chi connectivity index (χ2n) is 8.98. The fraction of sp³-hybridized carbons (Fsp3) is 0.214. The number of hydrogen-bond acceptors (Lipinski definition) is 7. The topological polar surface area (TPSA) is 98.6 Å². The molecule has 2 atom stereocenters. The molecule has 3 aromatic rings. The molecule has 3 aromatic carbocycles. The molecule has 2 unspecified atom stereocenters. The van der Waals surface area contributed by atoms with Crippen LogP contribution < -0.4 is 15.5 Å². The van der Waals surface area contributed by atoms with Gasteiger partial charge < -0.3 is 14.5 Å². The van der Waals surface area contributed by atoms with E-state index in [2.05, 4.69) is 20.8 Å². The molecule has 188 valence electrons. The molecule has 3 amide bonds. The first-order chi connectivity index (χ1) is 18.0. The van der Waals surface area contributed by atoms with Crippen LogP contribution in [0, 0.1) is 6.92 Å². The van der Waals surface area contributed by atoms with Crippen LogP contribution in [0.5, 0.6) is 5.75 Å². The van der Waals surface area contributed by atoms with Crippen molar-refractivity contribution in [1.29, 1.82) is 0 Å². The lowest BCUT2D eigenvalue weighted by atomic mass is 10.1. The zero-order valence-electron chi connectivity index (χ0n) is 20.7. The van der Waals surface area contributed by atoms with Gasteiger partial charge in [0.15, 0.2) is 12.2 Å². The number of benzene rings is 3. The number of nitrogens with one attached hydrogen (secondary N) is 2. The maximum atomic E-state index is 12.8. The van der Waals surface area contributed by atoms with E-state index >= 15 is 0 Å². The number of hydrazone groups is 1. The number of hydrogen-bond donors (Lipinski definition) is 2. The molecule has 2 aliphatic rings.